The first-order chi connectivity index (χ1) is 21.4. The van der Waals surface area contributed by atoms with Crippen LogP contribution in [0.25, 0.3) is 22.5 Å². The van der Waals surface area contributed by atoms with Crippen molar-refractivity contribution in [3.05, 3.63) is 108 Å². The van der Waals surface area contributed by atoms with Crippen LogP contribution in [0.15, 0.2) is 95.6 Å². The van der Waals surface area contributed by atoms with Gasteiger partial charge in [0.25, 0.3) is 0 Å². The molecule has 0 spiro atoms. The van der Waals surface area contributed by atoms with Crippen LogP contribution in [-0.4, -0.2) is 44.0 Å². The Hall–Kier alpha value is -5.09. The van der Waals surface area contributed by atoms with Gasteiger partial charge in [-0.2, -0.15) is 5.21 Å². The van der Waals surface area contributed by atoms with E-state index >= 15 is 0 Å². The molecule has 10 nitrogen and oxygen atoms in total. The van der Waals surface area contributed by atoms with E-state index in [1.165, 1.54) is 0 Å². The molecule has 3 aromatic carbocycles. The Morgan fingerprint density at radius 1 is 1.00 bits per heavy atom. The Labute approximate surface area is 255 Å². The average molecular weight is 590 g/mol. The van der Waals surface area contributed by atoms with Crippen LogP contribution in [0, 0.1) is 0 Å². The van der Waals surface area contributed by atoms with Gasteiger partial charge in [-0.1, -0.05) is 66.7 Å². The van der Waals surface area contributed by atoms with Gasteiger partial charge < -0.3 is 20.0 Å². The molecule has 1 atom stereocenters. The lowest BCUT2D eigenvalue weighted by Crippen LogP contribution is -2.50. The Bertz CT molecular complexity index is 1710. The lowest BCUT2D eigenvalue weighted by atomic mass is 9.98. The maximum atomic E-state index is 14.0. The SMILES string of the molecule is CC(C)(CC(=O)N[C@@H]1CCc2ccccc2N(Cc2ccc(-c3ccccc3-c3nn[nH]n3)cc2)C1=O)NCc1ccco1. The number of hydrogen-bond donors (Lipinski definition) is 3. The van der Waals surface area contributed by atoms with E-state index in [9.17, 15) is 9.59 Å². The summed E-state index contributed by atoms with van der Waals surface area (Å²) in [6.45, 7) is 4.83. The molecule has 2 aromatic heterocycles. The lowest BCUT2D eigenvalue weighted by Gasteiger charge is -2.29. The summed E-state index contributed by atoms with van der Waals surface area (Å²) < 4.78 is 5.40. The van der Waals surface area contributed by atoms with Crippen molar-refractivity contribution >= 4 is 17.5 Å². The summed E-state index contributed by atoms with van der Waals surface area (Å²) in [5.74, 6) is 1.04. The van der Waals surface area contributed by atoms with Gasteiger partial charge in [-0.05, 0) is 72.4 Å². The molecule has 1 aliphatic rings. The molecule has 0 fully saturated rings. The minimum atomic E-state index is -0.628. The number of hydrogen-bond acceptors (Lipinski definition) is 7. The highest BCUT2D eigenvalue weighted by Crippen LogP contribution is 2.32. The zero-order chi connectivity index (χ0) is 30.5. The molecule has 224 valence electrons. The minimum Gasteiger partial charge on any atom is -0.468 e. The van der Waals surface area contributed by atoms with Crippen molar-refractivity contribution in [1.82, 2.24) is 31.3 Å². The van der Waals surface area contributed by atoms with E-state index in [2.05, 4.69) is 37.3 Å². The van der Waals surface area contributed by atoms with Crippen LogP contribution < -0.4 is 15.5 Å². The maximum Gasteiger partial charge on any atom is 0.249 e. The number of aryl methyl sites for hydroxylation is 1. The number of aromatic amines is 1. The number of amides is 2. The largest absolute Gasteiger partial charge is 0.468 e. The number of carbonyl (C=O) groups is 2. The second-order valence-electron chi connectivity index (χ2n) is 11.7. The Balaban J connectivity index is 1.18. The van der Waals surface area contributed by atoms with Crippen LogP contribution in [0.2, 0.25) is 0 Å². The summed E-state index contributed by atoms with van der Waals surface area (Å²) in [6, 6.07) is 27.1. The number of fused-ring (bicyclic) bond motifs is 1. The third-order valence-corrected chi connectivity index (χ3v) is 7.93. The summed E-state index contributed by atoms with van der Waals surface area (Å²) in [6.07, 6.45) is 3.07. The van der Waals surface area contributed by atoms with Gasteiger partial charge in [0.05, 0.1) is 19.4 Å². The summed E-state index contributed by atoms with van der Waals surface area (Å²) in [5, 5.41) is 20.9. The number of rotatable bonds is 10. The molecule has 0 saturated heterocycles. The van der Waals surface area contributed by atoms with Gasteiger partial charge in [0.1, 0.15) is 11.8 Å². The Kier molecular flexibility index (Phi) is 8.33. The van der Waals surface area contributed by atoms with Crippen molar-refractivity contribution in [1.29, 1.82) is 0 Å². The third-order valence-electron chi connectivity index (χ3n) is 7.93. The van der Waals surface area contributed by atoms with Gasteiger partial charge in [-0.25, -0.2) is 0 Å². The highest BCUT2D eigenvalue weighted by Gasteiger charge is 2.32. The molecule has 0 bridgehead atoms. The number of anilines is 1. The van der Waals surface area contributed by atoms with Crippen molar-refractivity contribution < 1.29 is 14.0 Å². The highest BCUT2D eigenvalue weighted by molar-refractivity contribution is 6.00. The number of aromatic nitrogens is 4. The van der Waals surface area contributed by atoms with E-state index in [0.717, 1.165) is 39.3 Å². The molecule has 0 saturated carbocycles. The molecule has 3 N–H and O–H groups in total. The molecule has 0 aliphatic carbocycles. The van der Waals surface area contributed by atoms with Crippen LogP contribution in [-0.2, 0) is 29.1 Å². The standard InChI is InChI=1S/C34H35N7O3/c1-34(2,35-21-26-9-7-19-44-26)20-31(42)36-29-18-17-25-8-3-6-12-30(25)41(33(29)43)22-23-13-15-24(16-14-23)27-10-4-5-11-28(27)32-37-39-40-38-32/h3-16,19,29,35H,17-18,20-22H2,1-2H3,(H,36,42)(H,37,38,39,40)/t29-/m1/s1. The Morgan fingerprint density at radius 2 is 1.77 bits per heavy atom. The number of H-pyrrole nitrogens is 1. The summed E-state index contributed by atoms with van der Waals surface area (Å²) >= 11 is 0. The number of para-hydroxylation sites is 1. The zero-order valence-corrected chi connectivity index (χ0v) is 24.8. The zero-order valence-electron chi connectivity index (χ0n) is 24.8. The quantitative estimate of drug-likeness (QED) is 0.208. The van der Waals surface area contributed by atoms with Crippen molar-refractivity contribution in [3.63, 3.8) is 0 Å². The molecule has 0 radical (unpaired) electrons. The van der Waals surface area contributed by atoms with E-state index < -0.39 is 11.6 Å². The molecule has 3 heterocycles. The van der Waals surface area contributed by atoms with Crippen LogP contribution >= 0.6 is 0 Å². The predicted molar refractivity (Wildman–Crippen MR) is 167 cm³/mol. The van der Waals surface area contributed by atoms with Crippen molar-refractivity contribution in [2.24, 2.45) is 0 Å². The van der Waals surface area contributed by atoms with Crippen molar-refractivity contribution in [2.75, 3.05) is 4.90 Å². The minimum absolute atomic E-state index is 0.115. The van der Waals surface area contributed by atoms with Gasteiger partial charge in [0.15, 0.2) is 0 Å². The van der Waals surface area contributed by atoms with Crippen molar-refractivity contribution in [3.8, 4) is 22.5 Å². The molecule has 44 heavy (non-hydrogen) atoms. The molecule has 2 amide bonds. The third kappa shape index (κ3) is 6.60. The summed E-state index contributed by atoms with van der Waals surface area (Å²) in [4.78, 5) is 29.0. The average Bonchev–Trinajstić information content (AvgIpc) is 3.74. The molecule has 5 aromatic rings. The second kappa shape index (κ2) is 12.6. The number of benzene rings is 3. The number of nitrogens with one attached hydrogen (secondary N) is 3. The predicted octanol–water partition coefficient (Wildman–Crippen LogP) is 5.05. The van der Waals surface area contributed by atoms with E-state index in [-0.39, 0.29) is 18.2 Å². The van der Waals surface area contributed by atoms with E-state index in [1.54, 1.807) is 11.2 Å². The van der Waals surface area contributed by atoms with Gasteiger partial charge in [-0.3, -0.25) is 9.59 Å². The molecule has 0 unspecified atom stereocenters. The number of nitrogens with zero attached hydrogens (tertiary/aromatic N) is 4. The fourth-order valence-electron chi connectivity index (χ4n) is 5.64. The van der Waals surface area contributed by atoms with E-state index in [1.807, 2.05) is 92.7 Å². The van der Waals surface area contributed by atoms with Crippen LogP contribution in [0.3, 0.4) is 0 Å². The van der Waals surface area contributed by atoms with Gasteiger partial charge in [-0.15, -0.1) is 10.2 Å². The smallest absolute Gasteiger partial charge is 0.249 e. The second-order valence-corrected chi connectivity index (χ2v) is 11.7. The number of tetrazole rings is 1. The van der Waals surface area contributed by atoms with E-state index in [4.69, 9.17) is 4.42 Å². The summed E-state index contributed by atoms with van der Waals surface area (Å²) in [7, 11) is 0. The van der Waals surface area contributed by atoms with Crippen molar-refractivity contribution in [2.45, 2.75) is 57.8 Å². The molecule has 1 aliphatic heterocycles. The van der Waals surface area contributed by atoms with Crippen LogP contribution in [0.1, 0.15) is 43.6 Å². The fourth-order valence-corrected chi connectivity index (χ4v) is 5.64. The van der Waals surface area contributed by atoms with Crippen LogP contribution in [0.4, 0.5) is 5.69 Å². The first-order valence-electron chi connectivity index (χ1n) is 14.7. The summed E-state index contributed by atoms with van der Waals surface area (Å²) in [5.41, 5.74) is 5.32. The first kappa shape index (κ1) is 29.0. The fraction of sp³-hybridized carbons (Fsp3) is 0.265. The topological polar surface area (TPSA) is 129 Å². The number of carbonyl (C=O) groups excluding carboxylic acids is 2. The van der Waals surface area contributed by atoms with Gasteiger partial charge in [0, 0.05) is 23.2 Å². The normalized spacial score (nSPS) is 15.1. The lowest BCUT2D eigenvalue weighted by molar-refractivity contribution is -0.128. The Morgan fingerprint density at radius 3 is 2.52 bits per heavy atom. The molecule has 10 heteroatoms. The van der Waals surface area contributed by atoms with Gasteiger partial charge in [0.2, 0.25) is 17.6 Å². The monoisotopic (exact) mass is 589 g/mol. The first-order valence-corrected chi connectivity index (χ1v) is 14.7. The highest BCUT2D eigenvalue weighted by atomic mass is 16.3. The molecular weight excluding hydrogens is 554 g/mol. The molecular formula is C34H35N7O3. The number of furan rings is 1. The molecule has 6 rings (SSSR count). The van der Waals surface area contributed by atoms with Gasteiger partial charge >= 0.3 is 0 Å². The van der Waals surface area contributed by atoms with Crippen LogP contribution in [0.5, 0.6) is 0 Å². The van der Waals surface area contributed by atoms with E-state index in [0.29, 0.717) is 31.8 Å². The maximum absolute atomic E-state index is 14.0.